The molecule has 1 unspecified atom stereocenters. The molecule has 1 aromatic heterocycles. The van der Waals surface area contributed by atoms with Crippen LogP contribution in [0.3, 0.4) is 0 Å². The van der Waals surface area contributed by atoms with Gasteiger partial charge in [-0.15, -0.1) is 0 Å². The Balaban J connectivity index is 1.61. The van der Waals surface area contributed by atoms with E-state index in [2.05, 4.69) is 9.88 Å². The summed E-state index contributed by atoms with van der Waals surface area (Å²) >= 11 is 0. The van der Waals surface area contributed by atoms with E-state index in [1.807, 2.05) is 18.2 Å². The highest BCUT2D eigenvalue weighted by Gasteiger charge is 2.33. The van der Waals surface area contributed by atoms with Crippen LogP contribution in [0.25, 0.3) is 0 Å². The van der Waals surface area contributed by atoms with Crippen LogP contribution in [-0.2, 0) is 21.2 Å². The van der Waals surface area contributed by atoms with Crippen LogP contribution in [0, 0.1) is 5.82 Å². The van der Waals surface area contributed by atoms with E-state index in [9.17, 15) is 22.7 Å². The van der Waals surface area contributed by atoms with Gasteiger partial charge in [0.1, 0.15) is 17.9 Å². The molecule has 0 aliphatic carbocycles. The monoisotopic (exact) mass is 469 g/mol. The number of carbonyl (C=O) groups is 1. The molecule has 2 aromatic carbocycles. The normalized spacial score (nSPS) is 16.4. The summed E-state index contributed by atoms with van der Waals surface area (Å²) in [4.78, 5) is 17.4. The summed E-state index contributed by atoms with van der Waals surface area (Å²) in [6.45, 7) is 1.31. The first-order valence-electron chi connectivity index (χ1n) is 10.6. The molecule has 4 rings (SSSR count). The molecule has 1 N–H and O–H groups in total. The molecule has 0 amide bonds. The maximum Gasteiger partial charge on any atom is 0.243 e. The van der Waals surface area contributed by atoms with Gasteiger partial charge in [0.2, 0.25) is 10.0 Å². The molecule has 0 radical (unpaired) electrons. The van der Waals surface area contributed by atoms with Crippen molar-refractivity contribution in [2.45, 2.75) is 17.4 Å². The predicted octanol–water partition coefficient (Wildman–Crippen LogP) is 2.76. The Kier molecular flexibility index (Phi) is 6.83. The first kappa shape index (κ1) is 23.0. The van der Waals surface area contributed by atoms with Crippen molar-refractivity contribution in [2.75, 3.05) is 26.2 Å². The van der Waals surface area contributed by atoms with Gasteiger partial charge < -0.3 is 9.90 Å². The molecule has 1 atom stereocenters. The van der Waals surface area contributed by atoms with Crippen LogP contribution in [-0.4, -0.2) is 60.2 Å². The van der Waals surface area contributed by atoms with E-state index < -0.39 is 15.8 Å². The molecule has 1 aliphatic rings. The fourth-order valence-corrected chi connectivity index (χ4v) is 5.55. The van der Waals surface area contributed by atoms with Crippen LogP contribution in [0.5, 0.6) is 5.75 Å². The summed E-state index contributed by atoms with van der Waals surface area (Å²) in [6.07, 6.45) is 4.43. The maximum atomic E-state index is 13.2. The summed E-state index contributed by atoms with van der Waals surface area (Å²) in [5, 5.41) is 10.6. The molecule has 33 heavy (non-hydrogen) atoms. The molecule has 0 saturated carbocycles. The van der Waals surface area contributed by atoms with Gasteiger partial charge in [0.05, 0.1) is 10.9 Å². The van der Waals surface area contributed by atoms with Crippen molar-refractivity contribution in [3.05, 3.63) is 89.5 Å². The number of benzene rings is 2. The third-order valence-corrected chi connectivity index (χ3v) is 7.71. The zero-order chi connectivity index (χ0) is 23.4. The second-order valence-electron chi connectivity index (χ2n) is 7.85. The molecule has 9 heteroatoms. The Labute approximate surface area is 192 Å². The lowest BCUT2D eigenvalue weighted by Crippen LogP contribution is -2.49. The van der Waals surface area contributed by atoms with E-state index in [4.69, 9.17) is 0 Å². The minimum atomic E-state index is -3.74. The molecule has 1 saturated heterocycles. The van der Waals surface area contributed by atoms with E-state index in [0.29, 0.717) is 18.7 Å². The number of rotatable bonds is 7. The van der Waals surface area contributed by atoms with E-state index in [-0.39, 0.29) is 36.2 Å². The number of hydrogen-bond donors (Lipinski definition) is 1. The number of phenols is 1. The standard InChI is InChI=1S/C24H24FN3O4S/c25-20-4-6-21(7-5-20)33(31,32)28-13-11-27(12-14-28)24(19-2-1-10-26-17-19)22-16-18(9-15-29)3-8-23(22)30/h1-8,10,15-17,24,30H,9,11-14H2. The average molecular weight is 470 g/mol. The summed E-state index contributed by atoms with van der Waals surface area (Å²) in [5.41, 5.74) is 2.27. The zero-order valence-electron chi connectivity index (χ0n) is 17.8. The van der Waals surface area contributed by atoms with Crippen LogP contribution >= 0.6 is 0 Å². The van der Waals surface area contributed by atoms with E-state index in [1.165, 1.54) is 16.4 Å². The van der Waals surface area contributed by atoms with Crippen molar-refractivity contribution in [1.82, 2.24) is 14.2 Å². The van der Waals surface area contributed by atoms with Gasteiger partial charge >= 0.3 is 0 Å². The fraction of sp³-hybridized carbons (Fsp3) is 0.250. The number of hydrogen-bond acceptors (Lipinski definition) is 6. The predicted molar refractivity (Wildman–Crippen MR) is 121 cm³/mol. The molecular weight excluding hydrogens is 445 g/mol. The van der Waals surface area contributed by atoms with Gasteiger partial charge in [0, 0.05) is 50.6 Å². The van der Waals surface area contributed by atoms with Crippen LogP contribution < -0.4 is 0 Å². The highest BCUT2D eigenvalue weighted by molar-refractivity contribution is 7.89. The second kappa shape index (κ2) is 9.78. The largest absolute Gasteiger partial charge is 0.508 e. The van der Waals surface area contributed by atoms with E-state index in [0.717, 1.165) is 29.5 Å². The Morgan fingerprint density at radius 2 is 1.79 bits per heavy atom. The Morgan fingerprint density at radius 3 is 2.42 bits per heavy atom. The van der Waals surface area contributed by atoms with Crippen molar-refractivity contribution in [3.63, 3.8) is 0 Å². The summed E-state index contributed by atoms with van der Waals surface area (Å²) in [7, 11) is -3.74. The summed E-state index contributed by atoms with van der Waals surface area (Å²) < 4.78 is 40.6. The number of aromatic hydroxyl groups is 1. The molecular formula is C24H24FN3O4S. The number of carbonyl (C=O) groups excluding carboxylic acids is 1. The van der Waals surface area contributed by atoms with Crippen LogP contribution in [0.15, 0.2) is 71.9 Å². The quantitative estimate of drug-likeness (QED) is 0.535. The third kappa shape index (κ3) is 4.95. The molecule has 2 heterocycles. The van der Waals surface area contributed by atoms with Gasteiger partial charge in [-0.1, -0.05) is 12.1 Å². The van der Waals surface area contributed by atoms with Gasteiger partial charge in [-0.2, -0.15) is 4.31 Å². The minimum Gasteiger partial charge on any atom is -0.508 e. The maximum absolute atomic E-state index is 13.2. The second-order valence-corrected chi connectivity index (χ2v) is 9.78. The number of sulfonamides is 1. The minimum absolute atomic E-state index is 0.0559. The smallest absolute Gasteiger partial charge is 0.243 e. The molecule has 0 bridgehead atoms. The highest BCUT2D eigenvalue weighted by atomic mass is 32.2. The SMILES string of the molecule is O=CCc1ccc(O)c(C(c2cccnc2)N2CCN(S(=O)(=O)c3ccc(F)cc3)CC2)c1. The number of aldehydes is 1. The molecule has 1 fully saturated rings. The lowest BCUT2D eigenvalue weighted by molar-refractivity contribution is -0.107. The lowest BCUT2D eigenvalue weighted by Gasteiger charge is -2.39. The van der Waals surface area contributed by atoms with Gasteiger partial charge in [-0.3, -0.25) is 9.88 Å². The first-order valence-corrected chi connectivity index (χ1v) is 12.0. The van der Waals surface area contributed by atoms with Crippen LogP contribution in [0.1, 0.15) is 22.7 Å². The zero-order valence-corrected chi connectivity index (χ0v) is 18.7. The van der Waals surface area contributed by atoms with Crippen molar-refractivity contribution in [2.24, 2.45) is 0 Å². The Morgan fingerprint density at radius 1 is 1.06 bits per heavy atom. The molecule has 172 valence electrons. The van der Waals surface area contributed by atoms with Gasteiger partial charge in [-0.05, 0) is 53.6 Å². The molecule has 3 aromatic rings. The van der Waals surface area contributed by atoms with Crippen molar-refractivity contribution >= 4 is 16.3 Å². The summed E-state index contributed by atoms with van der Waals surface area (Å²) in [6, 6.07) is 13.3. The number of pyridine rings is 1. The fourth-order valence-electron chi connectivity index (χ4n) is 4.13. The molecule has 7 nitrogen and oxygen atoms in total. The molecule has 1 aliphatic heterocycles. The first-order chi connectivity index (χ1) is 15.9. The van der Waals surface area contributed by atoms with Crippen molar-refractivity contribution < 1.29 is 22.7 Å². The van der Waals surface area contributed by atoms with Gasteiger partial charge in [0.15, 0.2) is 0 Å². The van der Waals surface area contributed by atoms with Gasteiger partial charge in [0.25, 0.3) is 0 Å². The van der Waals surface area contributed by atoms with Crippen molar-refractivity contribution in [3.8, 4) is 5.75 Å². The number of aromatic nitrogens is 1. The number of phenolic OH excluding ortho intramolecular Hbond substituents is 1. The van der Waals surface area contributed by atoms with Crippen molar-refractivity contribution in [1.29, 1.82) is 0 Å². The number of nitrogens with zero attached hydrogens (tertiary/aromatic N) is 3. The van der Waals surface area contributed by atoms with E-state index >= 15 is 0 Å². The van der Waals surface area contributed by atoms with Crippen LogP contribution in [0.4, 0.5) is 4.39 Å². The number of piperazine rings is 1. The number of halogens is 1. The highest BCUT2D eigenvalue weighted by Crippen LogP contribution is 2.35. The van der Waals surface area contributed by atoms with Gasteiger partial charge in [-0.25, -0.2) is 12.8 Å². The average Bonchev–Trinajstić information content (AvgIpc) is 2.83. The molecule has 0 spiro atoms. The Bertz CT molecular complexity index is 1210. The topological polar surface area (TPSA) is 90.8 Å². The summed E-state index contributed by atoms with van der Waals surface area (Å²) in [5.74, 6) is -0.394. The third-order valence-electron chi connectivity index (χ3n) is 5.80. The Hall–Kier alpha value is -3.14. The van der Waals surface area contributed by atoms with E-state index in [1.54, 1.807) is 24.5 Å². The van der Waals surface area contributed by atoms with Crippen LogP contribution in [0.2, 0.25) is 0 Å². The lowest BCUT2D eigenvalue weighted by atomic mass is 9.94.